The second-order valence-electron chi connectivity index (χ2n) is 20.4. The summed E-state index contributed by atoms with van der Waals surface area (Å²) in [6, 6.07) is 35.5. The average molecular weight is 971 g/mol. The molecule has 0 aromatic heterocycles. The molecule has 0 saturated carbocycles. The molecule has 70 heavy (non-hydrogen) atoms. The Balaban J connectivity index is -0.000000802. The van der Waals surface area contributed by atoms with E-state index in [0.29, 0.717) is 23.7 Å². The number of aliphatic hydroxyl groups excluding tert-OH is 2. The van der Waals surface area contributed by atoms with Crippen LogP contribution in [0.2, 0.25) is 0 Å². The van der Waals surface area contributed by atoms with Crippen LogP contribution >= 0.6 is 0 Å². The van der Waals surface area contributed by atoms with Gasteiger partial charge in [0, 0.05) is 25.8 Å². The highest BCUT2D eigenvalue weighted by Crippen LogP contribution is 2.22. The number of hydrogen-bond donors (Lipinski definition) is 2. The normalized spacial score (nSPS) is 12.3. The molecular formula is C64H113N4O2+. The van der Waals surface area contributed by atoms with Gasteiger partial charge in [0.2, 0.25) is 0 Å². The van der Waals surface area contributed by atoms with E-state index in [4.69, 9.17) is 10.2 Å². The van der Waals surface area contributed by atoms with Gasteiger partial charge in [0.05, 0.1) is 27.2 Å². The molecule has 4 rings (SSSR count). The van der Waals surface area contributed by atoms with Crippen LogP contribution < -0.4 is 0 Å². The van der Waals surface area contributed by atoms with Crippen LogP contribution in [-0.2, 0) is 26.2 Å². The lowest BCUT2D eigenvalue weighted by atomic mass is 9.97. The van der Waals surface area contributed by atoms with Crippen LogP contribution in [0.1, 0.15) is 196 Å². The van der Waals surface area contributed by atoms with Gasteiger partial charge in [0.15, 0.2) is 0 Å². The number of allylic oxidation sites excluding steroid dienone is 1. The molecule has 4 aromatic carbocycles. The number of nitrogens with zero attached hydrogens (tertiary/aromatic N) is 4. The third-order valence-electron chi connectivity index (χ3n) is 12.5. The molecule has 4 unspecified atom stereocenters. The minimum atomic E-state index is 0.140. The lowest BCUT2D eigenvalue weighted by molar-refractivity contribution is -0.903. The Morgan fingerprint density at radius 1 is 0.471 bits per heavy atom. The third kappa shape index (κ3) is 35.5. The van der Waals surface area contributed by atoms with E-state index in [1.54, 1.807) is 6.08 Å². The van der Waals surface area contributed by atoms with Gasteiger partial charge in [-0.05, 0) is 163 Å². The molecular weight excluding hydrogens is 857 g/mol. The van der Waals surface area contributed by atoms with Crippen molar-refractivity contribution in [3.8, 4) is 0 Å². The summed E-state index contributed by atoms with van der Waals surface area (Å²) in [5.74, 6) is 2.67. The van der Waals surface area contributed by atoms with Gasteiger partial charge >= 0.3 is 0 Å². The fourth-order valence-electron chi connectivity index (χ4n) is 7.51. The Labute approximate surface area is 435 Å². The molecule has 6 heteroatoms. The third-order valence-corrected chi connectivity index (χ3v) is 12.5. The van der Waals surface area contributed by atoms with Gasteiger partial charge < -0.3 is 29.4 Å². The summed E-state index contributed by atoms with van der Waals surface area (Å²) in [4.78, 5) is 6.75. The van der Waals surface area contributed by atoms with E-state index in [0.717, 1.165) is 36.8 Å². The van der Waals surface area contributed by atoms with Gasteiger partial charge in [-0.2, -0.15) is 0 Å². The van der Waals surface area contributed by atoms with E-state index in [9.17, 15) is 0 Å². The van der Waals surface area contributed by atoms with Crippen molar-refractivity contribution in [2.45, 2.75) is 178 Å². The lowest BCUT2D eigenvalue weighted by Crippen LogP contribution is -2.39. The summed E-state index contributed by atoms with van der Waals surface area (Å²) in [6.45, 7) is 36.9. The molecule has 0 saturated heterocycles. The fourth-order valence-corrected chi connectivity index (χ4v) is 7.51. The fraction of sp³-hybridized carbons (Fsp3) is 0.594. The van der Waals surface area contributed by atoms with Crippen LogP contribution in [0, 0.1) is 0 Å². The predicted molar refractivity (Wildman–Crippen MR) is 314 cm³/mol. The van der Waals surface area contributed by atoms with Crippen molar-refractivity contribution in [2.75, 3.05) is 76.1 Å². The van der Waals surface area contributed by atoms with Crippen molar-refractivity contribution in [3.05, 3.63) is 154 Å². The van der Waals surface area contributed by atoms with Crippen LogP contribution in [0.25, 0.3) is 0 Å². The molecule has 4 aromatic rings. The molecule has 0 spiro atoms. The van der Waals surface area contributed by atoms with Crippen molar-refractivity contribution in [1.29, 1.82) is 0 Å². The average Bonchev–Trinajstić information content (AvgIpc) is 3.35. The van der Waals surface area contributed by atoms with E-state index in [-0.39, 0.29) is 6.61 Å². The first-order chi connectivity index (χ1) is 33.2. The number of benzene rings is 4. The van der Waals surface area contributed by atoms with Gasteiger partial charge in [-0.15, -0.1) is 6.58 Å². The zero-order valence-corrected chi connectivity index (χ0v) is 49.4. The molecule has 0 fully saturated rings. The summed E-state index contributed by atoms with van der Waals surface area (Å²) in [5, 5.41) is 15.8. The Morgan fingerprint density at radius 3 is 1.01 bits per heavy atom. The first-order valence-electron chi connectivity index (χ1n) is 27.0. The highest BCUT2D eigenvalue weighted by molar-refractivity contribution is 5.27. The highest BCUT2D eigenvalue weighted by atomic mass is 16.3. The summed E-state index contributed by atoms with van der Waals surface area (Å²) >= 11 is 0. The van der Waals surface area contributed by atoms with Crippen molar-refractivity contribution < 1.29 is 14.7 Å². The molecule has 0 aliphatic rings. The van der Waals surface area contributed by atoms with Crippen molar-refractivity contribution in [3.63, 3.8) is 0 Å². The molecule has 0 aliphatic heterocycles. The smallest absolute Gasteiger partial charge is 0.104 e. The molecule has 0 aliphatic carbocycles. The SMILES string of the molecule is C=CC.CCC(C)c1ccc(CN(C)C)cc1.CCC(C)c1ccc(CO)cc1.CCCN(C)C.CCCN(C)Cc1ccc(C(C)CC)cc1.CCC[N+](C)(C)Cc1ccc(C(C)CC)cc1.CO. The zero-order chi connectivity index (χ0) is 54.1. The Morgan fingerprint density at radius 2 is 0.771 bits per heavy atom. The monoisotopic (exact) mass is 970 g/mol. The maximum atomic E-state index is 8.82. The number of hydrogen-bond acceptors (Lipinski definition) is 5. The lowest BCUT2D eigenvalue weighted by Gasteiger charge is -2.29. The van der Waals surface area contributed by atoms with Crippen LogP contribution in [0.4, 0.5) is 0 Å². The minimum Gasteiger partial charge on any atom is -0.400 e. The van der Waals surface area contributed by atoms with Crippen molar-refractivity contribution in [1.82, 2.24) is 14.7 Å². The van der Waals surface area contributed by atoms with Gasteiger partial charge in [-0.25, -0.2) is 0 Å². The Hall–Kier alpha value is -3.62. The number of quaternary nitrogens is 1. The van der Waals surface area contributed by atoms with Crippen LogP contribution in [0.5, 0.6) is 0 Å². The largest absolute Gasteiger partial charge is 0.400 e. The summed E-state index contributed by atoms with van der Waals surface area (Å²) in [5.41, 5.74) is 11.0. The summed E-state index contributed by atoms with van der Waals surface area (Å²) in [7, 11) is 16.2. The minimum absolute atomic E-state index is 0.140. The highest BCUT2D eigenvalue weighted by Gasteiger charge is 2.14. The second-order valence-corrected chi connectivity index (χ2v) is 20.4. The number of rotatable bonds is 21. The summed E-state index contributed by atoms with van der Waals surface area (Å²) < 4.78 is 1.08. The molecule has 4 atom stereocenters. The predicted octanol–water partition coefficient (Wildman–Crippen LogP) is 15.9. The molecule has 2 N–H and O–H groups in total. The van der Waals surface area contributed by atoms with E-state index >= 15 is 0 Å². The van der Waals surface area contributed by atoms with E-state index in [1.165, 1.54) is 104 Å². The van der Waals surface area contributed by atoms with E-state index < -0.39 is 0 Å². The van der Waals surface area contributed by atoms with E-state index in [2.05, 4.69) is 232 Å². The first kappa shape index (κ1) is 70.6. The molecule has 0 radical (unpaired) electrons. The number of aliphatic hydroxyl groups is 2. The van der Waals surface area contributed by atoms with Gasteiger partial charge in [0.1, 0.15) is 6.54 Å². The van der Waals surface area contributed by atoms with Crippen LogP contribution in [-0.4, -0.2) is 105 Å². The molecule has 0 amide bonds. The van der Waals surface area contributed by atoms with Crippen molar-refractivity contribution >= 4 is 0 Å². The first-order valence-corrected chi connectivity index (χ1v) is 27.0. The maximum absolute atomic E-state index is 8.82. The standard InChI is InChI=1S/C16H28N.C15H25N.C13H21N.C11H16O.C5H13N.C3H6.CH4O/c1-6-12-17(4,5)13-15-8-10-16(11-9-15)14(3)7-2;1-5-11-16(4)12-14-7-9-15(10-8-14)13(3)6-2;1-5-11(2)13-8-6-12(7-9-13)10-14(3)4;1-3-9(2)11-6-4-10(8-12)5-7-11;1-4-5-6(2)3;1-3-2;1-2/h8-11,14H,6-7,12-13H2,1-5H3;7-10,13H,5-6,11-12H2,1-4H3;6-9,11H,5,10H2,1-4H3;4-7,9,12H,3,8H2,1-2H3;4-5H2,1-3H3;3H,1H2,2H3;2H,1H3/q+1;;;;;;. The molecule has 0 bridgehead atoms. The van der Waals surface area contributed by atoms with Crippen LogP contribution in [0.15, 0.2) is 110 Å². The molecule has 400 valence electrons. The second kappa shape index (κ2) is 44.1. The quantitative estimate of drug-likeness (QED) is 0.0644. The topological polar surface area (TPSA) is 50.2 Å². The Kier molecular flexibility index (Phi) is 44.5. The summed E-state index contributed by atoms with van der Waals surface area (Å²) in [6.07, 6.45) is 10.3. The van der Waals surface area contributed by atoms with Crippen LogP contribution in [0.3, 0.4) is 0 Å². The van der Waals surface area contributed by atoms with Gasteiger partial charge in [0.25, 0.3) is 0 Å². The maximum Gasteiger partial charge on any atom is 0.104 e. The van der Waals surface area contributed by atoms with Crippen molar-refractivity contribution in [2.24, 2.45) is 0 Å². The zero-order valence-electron chi connectivity index (χ0n) is 49.4. The Bertz CT molecular complexity index is 1730. The molecule has 0 heterocycles. The van der Waals surface area contributed by atoms with E-state index in [1.807, 2.05) is 19.1 Å². The van der Waals surface area contributed by atoms with Gasteiger partial charge in [-0.1, -0.05) is 179 Å². The molecule has 6 nitrogen and oxygen atoms in total. The van der Waals surface area contributed by atoms with Gasteiger partial charge in [-0.3, -0.25) is 0 Å².